The van der Waals surface area contributed by atoms with E-state index in [1.165, 1.54) is 11.3 Å². The van der Waals surface area contributed by atoms with Crippen molar-refractivity contribution in [3.05, 3.63) is 49.6 Å². The van der Waals surface area contributed by atoms with Gasteiger partial charge in [0, 0.05) is 0 Å². The highest BCUT2D eigenvalue weighted by molar-refractivity contribution is 7.12. The normalized spacial score (nSPS) is 10.2. The molecule has 19 heavy (non-hydrogen) atoms. The van der Waals surface area contributed by atoms with Crippen LogP contribution >= 0.6 is 11.3 Å². The third-order valence-corrected chi connectivity index (χ3v) is 3.75. The first-order valence-corrected chi connectivity index (χ1v) is 6.47. The highest BCUT2D eigenvalue weighted by Gasteiger charge is 2.15. The number of rotatable bonds is 3. The summed E-state index contributed by atoms with van der Waals surface area (Å²) in [5.74, 6) is -0.184. The number of hydrogen-bond acceptors (Lipinski definition) is 5. The van der Waals surface area contributed by atoms with Crippen LogP contribution in [-0.2, 0) is 6.54 Å². The molecule has 0 aliphatic carbocycles. The van der Waals surface area contributed by atoms with Crippen LogP contribution in [0.5, 0.6) is 0 Å². The van der Waals surface area contributed by atoms with Gasteiger partial charge in [-0.1, -0.05) is 6.07 Å². The molecule has 0 unspecified atom stereocenters. The summed E-state index contributed by atoms with van der Waals surface area (Å²) < 4.78 is 1.06. The molecule has 2 heterocycles. The monoisotopic (exact) mass is 273 g/mol. The summed E-state index contributed by atoms with van der Waals surface area (Å²) >= 11 is 1.32. The number of nitriles is 1. The van der Waals surface area contributed by atoms with Gasteiger partial charge in [-0.05, 0) is 30.9 Å². The van der Waals surface area contributed by atoms with Crippen LogP contribution in [0, 0.1) is 25.2 Å². The van der Waals surface area contributed by atoms with Crippen molar-refractivity contribution in [1.29, 1.82) is 5.26 Å². The van der Waals surface area contributed by atoms with Crippen LogP contribution in [0.15, 0.2) is 22.3 Å². The lowest BCUT2D eigenvalue weighted by atomic mass is 10.1. The minimum atomic E-state index is -0.518. The highest BCUT2D eigenvalue weighted by atomic mass is 32.1. The van der Waals surface area contributed by atoms with Crippen LogP contribution in [-0.4, -0.2) is 15.6 Å². The number of carbonyl (C=O) groups is 1. The summed E-state index contributed by atoms with van der Waals surface area (Å²) in [6.07, 6.45) is 0. The fraction of sp³-hybridized carbons (Fsp3) is 0.231. The van der Waals surface area contributed by atoms with E-state index in [-0.39, 0.29) is 17.9 Å². The fourth-order valence-electron chi connectivity index (χ4n) is 1.66. The Morgan fingerprint density at radius 1 is 1.53 bits per heavy atom. The molecule has 5 nitrogen and oxygen atoms in total. The maximum Gasteiger partial charge on any atom is 0.285 e. The summed E-state index contributed by atoms with van der Waals surface area (Å²) in [6.45, 7) is 3.24. The van der Waals surface area contributed by atoms with Gasteiger partial charge in [-0.25, -0.2) is 4.68 Å². The van der Waals surface area contributed by atoms with Crippen molar-refractivity contribution < 1.29 is 4.79 Å². The summed E-state index contributed by atoms with van der Waals surface area (Å²) in [5, 5.41) is 14.9. The molecule has 0 fully saturated rings. The molecule has 0 aromatic carbocycles. The van der Waals surface area contributed by atoms with E-state index in [2.05, 4.69) is 5.10 Å². The van der Waals surface area contributed by atoms with Gasteiger partial charge in [0.05, 0.1) is 10.6 Å². The molecule has 0 aliphatic heterocycles. The first-order valence-electron chi connectivity index (χ1n) is 5.59. The zero-order valence-corrected chi connectivity index (χ0v) is 11.3. The Balaban J connectivity index is 2.43. The molecule has 0 radical (unpaired) electrons. The molecule has 0 saturated heterocycles. The second-order valence-electron chi connectivity index (χ2n) is 4.06. The number of ketones is 1. The van der Waals surface area contributed by atoms with E-state index in [0.29, 0.717) is 16.1 Å². The lowest BCUT2D eigenvalue weighted by Gasteiger charge is -2.07. The van der Waals surface area contributed by atoms with E-state index in [9.17, 15) is 9.59 Å². The molecule has 0 bridgehead atoms. The summed E-state index contributed by atoms with van der Waals surface area (Å²) in [4.78, 5) is 24.5. The van der Waals surface area contributed by atoms with Gasteiger partial charge in [-0.15, -0.1) is 11.3 Å². The molecule has 0 spiro atoms. The second-order valence-corrected chi connectivity index (χ2v) is 5.01. The molecular weight excluding hydrogens is 262 g/mol. The van der Waals surface area contributed by atoms with Crippen molar-refractivity contribution in [1.82, 2.24) is 9.78 Å². The standard InChI is InChI=1S/C13H11N3O2S/c1-8-9(2)15-16(13(18)10(8)6-14)7-11(17)12-4-3-5-19-12/h3-5H,7H2,1-2H3. The number of aryl methyl sites for hydroxylation is 1. The van der Waals surface area contributed by atoms with Crippen molar-refractivity contribution in [3.8, 4) is 6.07 Å². The van der Waals surface area contributed by atoms with E-state index in [1.54, 1.807) is 31.4 Å². The Labute approximate surface area is 113 Å². The smallest absolute Gasteiger partial charge is 0.285 e. The molecule has 0 saturated carbocycles. The van der Waals surface area contributed by atoms with Gasteiger partial charge < -0.3 is 0 Å². The minimum absolute atomic E-state index is 0.0477. The van der Waals surface area contributed by atoms with E-state index in [0.717, 1.165) is 4.68 Å². The van der Waals surface area contributed by atoms with E-state index in [1.807, 2.05) is 6.07 Å². The third-order valence-electron chi connectivity index (χ3n) is 2.84. The minimum Gasteiger partial charge on any atom is -0.291 e. The predicted octanol–water partition coefficient (Wildman–Crippen LogP) is 1.68. The maximum absolute atomic E-state index is 12.0. The first kappa shape index (κ1) is 13.2. The lowest BCUT2D eigenvalue weighted by Crippen LogP contribution is -2.30. The van der Waals surface area contributed by atoms with Crippen molar-refractivity contribution in [3.63, 3.8) is 0 Å². The Hall–Kier alpha value is -2.26. The Bertz CT molecular complexity index is 724. The van der Waals surface area contributed by atoms with Crippen molar-refractivity contribution in [2.24, 2.45) is 0 Å². The van der Waals surface area contributed by atoms with Crippen LogP contribution in [0.3, 0.4) is 0 Å². The van der Waals surface area contributed by atoms with Crippen LogP contribution in [0.2, 0.25) is 0 Å². The summed E-state index contributed by atoms with van der Waals surface area (Å²) in [5.41, 5.74) is 0.671. The van der Waals surface area contributed by atoms with Gasteiger partial charge in [0.25, 0.3) is 5.56 Å². The van der Waals surface area contributed by atoms with Gasteiger partial charge in [0.2, 0.25) is 0 Å². The number of Topliss-reactive ketones (excluding diaryl/α,β-unsaturated/α-hetero) is 1. The van der Waals surface area contributed by atoms with Gasteiger partial charge in [0.15, 0.2) is 5.78 Å². The first-order chi connectivity index (χ1) is 9.04. The van der Waals surface area contributed by atoms with E-state index < -0.39 is 5.56 Å². The third kappa shape index (κ3) is 2.46. The molecule has 2 aromatic heterocycles. The van der Waals surface area contributed by atoms with Crippen molar-refractivity contribution in [2.45, 2.75) is 20.4 Å². The quantitative estimate of drug-likeness (QED) is 0.797. The molecule has 0 amide bonds. The molecule has 2 aromatic rings. The second kappa shape index (κ2) is 5.16. The van der Waals surface area contributed by atoms with Crippen LogP contribution < -0.4 is 5.56 Å². The molecule has 2 rings (SSSR count). The van der Waals surface area contributed by atoms with Crippen LogP contribution in [0.1, 0.15) is 26.5 Å². The zero-order chi connectivity index (χ0) is 14.0. The molecule has 6 heteroatoms. The molecule has 96 valence electrons. The van der Waals surface area contributed by atoms with Crippen molar-refractivity contribution >= 4 is 17.1 Å². The molecule has 0 N–H and O–H groups in total. The highest BCUT2D eigenvalue weighted by Crippen LogP contribution is 2.10. The van der Waals surface area contributed by atoms with Crippen LogP contribution in [0.25, 0.3) is 0 Å². The Kier molecular flexibility index (Phi) is 3.58. The largest absolute Gasteiger partial charge is 0.291 e. The van der Waals surface area contributed by atoms with Crippen molar-refractivity contribution in [2.75, 3.05) is 0 Å². The topological polar surface area (TPSA) is 75.8 Å². The number of aromatic nitrogens is 2. The molecule has 0 aliphatic rings. The number of thiophene rings is 1. The average molecular weight is 273 g/mol. The predicted molar refractivity (Wildman–Crippen MR) is 71.3 cm³/mol. The van der Waals surface area contributed by atoms with Gasteiger partial charge in [-0.2, -0.15) is 10.4 Å². The molecule has 0 atom stereocenters. The number of carbonyl (C=O) groups excluding carboxylic acids is 1. The summed E-state index contributed by atoms with van der Waals surface area (Å²) in [7, 11) is 0. The fourth-order valence-corrected chi connectivity index (χ4v) is 2.32. The van der Waals surface area contributed by atoms with E-state index in [4.69, 9.17) is 5.26 Å². The maximum atomic E-state index is 12.0. The SMILES string of the molecule is Cc1nn(CC(=O)c2cccs2)c(=O)c(C#N)c1C. The van der Waals surface area contributed by atoms with E-state index >= 15 is 0 Å². The van der Waals surface area contributed by atoms with Crippen LogP contribution in [0.4, 0.5) is 0 Å². The van der Waals surface area contributed by atoms with Gasteiger partial charge in [-0.3, -0.25) is 9.59 Å². The Morgan fingerprint density at radius 2 is 2.26 bits per heavy atom. The lowest BCUT2D eigenvalue weighted by molar-refractivity contribution is 0.0969. The van der Waals surface area contributed by atoms with Gasteiger partial charge in [0.1, 0.15) is 18.2 Å². The Morgan fingerprint density at radius 3 is 2.84 bits per heavy atom. The molecular formula is C13H11N3O2S. The number of nitrogens with zero attached hydrogens (tertiary/aromatic N) is 3. The average Bonchev–Trinajstić information content (AvgIpc) is 2.90. The van der Waals surface area contributed by atoms with Gasteiger partial charge >= 0.3 is 0 Å². The summed E-state index contributed by atoms with van der Waals surface area (Å²) in [6, 6.07) is 5.34. The number of hydrogen-bond donors (Lipinski definition) is 0. The zero-order valence-electron chi connectivity index (χ0n) is 10.5.